The highest BCUT2D eigenvalue weighted by molar-refractivity contribution is 9.11. The molecule has 0 bridgehead atoms. The Morgan fingerprint density at radius 3 is 2.24 bits per heavy atom. The molecule has 0 saturated carbocycles. The summed E-state index contributed by atoms with van der Waals surface area (Å²) in [6, 6.07) is 13.3. The summed E-state index contributed by atoms with van der Waals surface area (Å²) < 4.78 is 2.75. The van der Waals surface area contributed by atoms with Crippen LogP contribution in [-0.4, -0.2) is 36.1 Å². The number of aromatic hydroxyl groups is 1. The van der Waals surface area contributed by atoms with Gasteiger partial charge in [-0.05, 0) is 88.5 Å². The number of aryl methyl sites for hydroxylation is 3. The molecule has 0 unspecified atom stereocenters. The number of aromatic nitrogens is 5. The number of benzene rings is 2. The Kier molecular flexibility index (Phi) is 6.70. The number of hydrogen-bond donors (Lipinski definition) is 3. The number of anilines is 3. The number of nitrogens with one attached hydrogen (secondary N) is 2. The topological polar surface area (TPSA) is 113 Å². The van der Waals surface area contributed by atoms with E-state index in [0.717, 1.165) is 28.2 Å². The van der Waals surface area contributed by atoms with Crippen molar-refractivity contribution in [3.05, 3.63) is 73.9 Å². The van der Waals surface area contributed by atoms with E-state index in [-0.39, 0.29) is 11.7 Å². The SMILES string of the molecule is Cc1ccc(Nc2nc(NN=Cc3cc(Br)c(O)c(Br)c3)nc(-n3nc(C)cc3C)n2)cc1. The van der Waals surface area contributed by atoms with Crippen LogP contribution in [0.25, 0.3) is 5.95 Å². The molecule has 33 heavy (non-hydrogen) atoms. The molecule has 4 aromatic rings. The molecule has 11 heteroatoms. The molecule has 4 rings (SSSR count). The molecular formula is C22H20Br2N8O. The maximum Gasteiger partial charge on any atom is 0.257 e. The first-order valence-corrected chi connectivity index (χ1v) is 11.5. The van der Waals surface area contributed by atoms with E-state index in [2.05, 4.69) is 67.8 Å². The number of hydrazone groups is 1. The molecule has 0 aliphatic heterocycles. The van der Waals surface area contributed by atoms with Gasteiger partial charge in [-0.2, -0.15) is 25.2 Å². The summed E-state index contributed by atoms with van der Waals surface area (Å²) in [5.41, 5.74) is 7.36. The Morgan fingerprint density at radius 2 is 1.61 bits per heavy atom. The predicted octanol–water partition coefficient (Wildman–Crippen LogP) is 5.40. The quantitative estimate of drug-likeness (QED) is 0.210. The highest BCUT2D eigenvalue weighted by atomic mass is 79.9. The van der Waals surface area contributed by atoms with Crippen molar-refractivity contribution in [1.29, 1.82) is 0 Å². The van der Waals surface area contributed by atoms with Crippen molar-refractivity contribution in [2.24, 2.45) is 5.10 Å². The fourth-order valence-electron chi connectivity index (χ4n) is 2.99. The maximum absolute atomic E-state index is 9.87. The van der Waals surface area contributed by atoms with Gasteiger partial charge in [0.15, 0.2) is 0 Å². The minimum atomic E-state index is 0.124. The summed E-state index contributed by atoms with van der Waals surface area (Å²) in [5, 5.41) is 21.8. The van der Waals surface area contributed by atoms with Gasteiger partial charge in [-0.25, -0.2) is 10.1 Å². The third-order valence-corrected chi connectivity index (χ3v) is 5.76. The summed E-state index contributed by atoms with van der Waals surface area (Å²) in [5.74, 6) is 1.08. The summed E-state index contributed by atoms with van der Waals surface area (Å²) in [4.78, 5) is 13.4. The zero-order chi connectivity index (χ0) is 23.5. The second kappa shape index (κ2) is 9.67. The number of phenols is 1. The highest BCUT2D eigenvalue weighted by Gasteiger charge is 2.12. The predicted molar refractivity (Wildman–Crippen MR) is 136 cm³/mol. The minimum absolute atomic E-state index is 0.124. The van der Waals surface area contributed by atoms with Gasteiger partial charge in [0.2, 0.25) is 11.9 Å². The molecule has 168 valence electrons. The van der Waals surface area contributed by atoms with Crippen molar-refractivity contribution in [3.8, 4) is 11.7 Å². The van der Waals surface area contributed by atoms with Crippen molar-refractivity contribution >= 4 is 55.7 Å². The number of hydrogen-bond acceptors (Lipinski definition) is 8. The summed E-state index contributed by atoms with van der Waals surface area (Å²) >= 11 is 6.62. The van der Waals surface area contributed by atoms with E-state index in [1.165, 1.54) is 0 Å². The van der Waals surface area contributed by atoms with Crippen molar-refractivity contribution in [1.82, 2.24) is 24.7 Å². The van der Waals surface area contributed by atoms with E-state index >= 15 is 0 Å². The third kappa shape index (κ3) is 5.55. The molecule has 2 aromatic carbocycles. The molecule has 2 aromatic heterocycles. The fourth-order valence-corrected chi connectivity index (χ4v) is 4.21. The molecule has 0 amide bonds. The Hall–Kier alpha value is -3.31. The molecule has 3 N–H and O–H groups in total. The molecule has 0 radical (unpaired) electrons. The van der Waals surface area contributed by atoms with Crippen LogP contribution < -0.4 is 10.7 Å². The highest BCUT2D eigenvalue weighted by Crippen LogP contribution is 2.32. The smallest absolute Gasteiger partial charge is 0.257 e. The van der Waals surface area contributed by atoms with Gasteiger partial charge in [0.1, 0.15) is 5.75 Å². The lowest BCUT2D eigenvalue weighted by molar-refractivity contribution is 0.468. The van der Waals surface area contributed by atoms with E-state index in [1.54, 1.807) is 23.0 Å². The lowest BCUT2D eigenvalue weighted by atomic mass is 10.2. The lowest BCUT2D eigenvalue weighted by Crippen LogP contribution is -2.11. The minimum Gasteiger partial charge on any atom is -0.506 e. The molecular weight excluding hydrogens is 552 g/mol. The van der Waals surface area contributed by atoms with Crippen LogP contribution in [0.5, 0.6) is 5.75 Å². The molecule has 2 heterocycles. The maximum atomic E-state index is 9.87. The van der Waals surface area contributed by atoms with Gasteiger partial charge in [0, 0.05) is 11.4 Å². The average molecular weight is 572 g/mol. The molecule has 0 fully saturated rings. The number of rotatable bonds is 6. The van der Waals surface area contributed by atoms with Crippen LogP contribution in [0.3, 0.4) is 0 Å². The third-order valence-electron chi connectivity index (χ3n) is 4.55. The van der Waals surface area contributed by atoms with Crippen LogP contribution in [0.2, 0.25) is 0 Å². The number of halogens is 2. The van der Waals surface area contributed by atoms with Crippen LogP contribution in [0.4, 0.5) is 17.6 Å². The van der Waals surface area contributed by atoms with E-state index in [1.807, 2.05) is 51.1 Å². The zero-order valence-electron chi connectivity index (χ0n) is 18.0. The van der Waals surface area contributed by atoms with E-state index < -0.39 is 0 Å². The van der Waals surface area contributed by atoms with Crippen molar-refractivity contribution in [2.45, 2.75) is 20.8 Å². The van der Waals surface area contributed by atoms with Crippen molar-refractivity contribution < 1.29 is 5.11 Å². The Labute approximate surface area is 207 Å². The summed E-state index contributed by atoms with van der Waals surface area (Å²) in [6.07, 6.45) is 1.59. The van der Waals surface area contributed by atoms with Crippen LogP contribution in [0, 0.1) is 20.8 Å². The molecule has 9 nitrogen and oxygen atoms in total. The second-order valence-corrected chi connectivity index (χ2v) is 9.02. The number of phenolic OH excluding ortho intramolecular Hbond substituents is 1. The Bertz CT molecular complexity index is 1310. The normalized spacial score (nSPS) is 11.2. The zero-order valence-corrected chi connectivity index (χ0v) is 21.2. The van der Waals surface area contributed by atoms with Gasteiger partial charge in [-0.3, -0.25) is 0 Å². The van der Waals surface area contributed by atoms with Crippen molar-refractivity contribution in [2.75, 3.05) is 10.7 Å². The van der Waals surface area contributed by atoms with Gasteiger partial charge in [0.25, 0.3) is 5.95 Å². The van der Waals surface area contributed by atoms with Crippen LogP contribution in [-0.2, 0) is 0 Å². The molecule has 0 aliphatic rings. The van der Waals surface area contributed by atoms with E-state index in [4.69, 9.17) is 0 Å². The van der Waals surface area contributed by atoms with Gasteiger partial charge in [-0.1, -0.05) is 17.7 Å². The van der Waals surface area contributed by atoms with Gasteiger partial charge < -0.3 is 10.4 Å². The lowest BCUT2D eigenvalue weighted by Gasteiger charge is -2.10. The Morgan fingerprint density at radius 1 is 0.939 bits per heavy atom. The first kappa shape index (κ1) is 22.9. The fraction of sp³-hybridized carbons (Fsp3) is 0.136. The summed E-state index contributed by atoms with van der Waals surface area (Å²) in [6.45, 7) is 5.87. The van der Waals surface area contributed by atoms with Crippen LogP contribution in [0.1, 0.15) is 22.5 Å². The van der Waals surface area contributed by atoms with Crippen molar-refractivity contribution in [3.63, 3.8) is 0 Å². The average Bonchev–Trinajstić information content (AvgIpc) is 3.11. The monoisotopic (exact) mass is 570 g/mol. The van der Waals surface area contributed by atoms with Crippen LogP contribution >= 0.6 is 31.9 Å². The summed E-state index contributed by atoms with van der Waals surface area (Å²) in [7, 11) is 0. The molecule has 0 saturated heterocycles. The van der Waals surface area contributed by atoms with Gasteiger partial charge >= 0.3 is 0 Å². The van der Waals surface area contributed by atoms with Crippen LogP contribution in [0.15, 0.2) is 56.5 Å². The van der Waals surface area contributed by atoms with E-state index in [9.17, 15) is 5.11 Å². The standard InChI is InChI=1S/C22H20Br2N8O/c1-12-4-6-16(7-5-12)26-20-27-21(29-22(28-20)32-14(3)8-13(2)31-32)30-25-11-15-9-17(23)19(33)18(24)10-15/h4-11,33H,1-3H3,(H2,26,27,28,29,30). The molecule has 0 atom stereocenters. The first-order chi connectivity index (χ1) is 15.8. The number of nitrogens with zero attached hydrogens (tertiary/aromatic N) is 6. The Balaban J connectivity index is 1.65. The molecule has 0 spiro atoms. The second-order valence-electron chi connectivity index (χ2n) is 7.32. The van der Waals surface area contributed by atoms with E-state index in [0.29, 0.717) is 20.8 Å². The largest absolute Gasteiger partial charge is 0.506 e. The van der Waals surface area contributed by atoms with Gasteiger partial charge in [-0.15, -0.1) is 0 Å². The molecule has 0 aliphatic carbocycles. The first-order valence-electron chi connectivity index (χ1n) is 9.89. The van der Waals surface area contributed by atoms with Gasteiger partial charge in [0.05, 0.1) is 20.9 Å².